The first-order valence-electron chi connectivity index (χ1n) is 13.8. The second-order valence-corrected chi connectivity index (χ2v) is 14.4. The number of rotatable bonds is 3. The zero-order valence-electron chi connectivity index (χ0n) is 24.1. The Kier molecular flexibility index (Phi) is 6.90. The van der Waals surface area contributed by atoms with Gasteiger partial charge < -0.3 is 0 Å². The molecule has 0 aliphatic heterocycles. The molecule has 4 aromatic carbocycles. The van der Waals surface area contributed by atoms with Gasteiger partial charge in [-0.1, -0.05) is 110 Å². The summed E-state index contributed by atoms with van der Waals surface area (Å²) in [5.41, 5.74) is 6.67. The molecule has 6 rings (SSSR count). The van der Waals surface area contributed by atoms with Crippen molar-refractivity contribution in [3.05, 3.63) is 105 Å². The van der Waals surface area contributed by atoms with Gasteiger partial charge in [0.1, 0.15) is 0 Å². The summed E-state index contributed by atoms with van der Waals surface area (Å²) in [7, 11) is 0. The van der Waals surface area contributed by atoms with Crippen LogP contribution in [0.1, 0.15) is 52.7 Å². The molecular weight excluding hydrogens is 636 g/mol. The predicted octanol–water partition coefficient (Wildman–Crippen LogP) is 10.4. The van der Waals surface area contributed by atoms with Crippen LogP contribution in [0, 0.1) is 0 Å². The molecule has 0 atom stereocenters. The van der Waals surface area contributed by atoms with Crippen molar-refractivity contribution in [2.45, 2.75) is 52.4 Å². The highest BCUT2D eigenvalue weighted by Gasteiger charge is 2.22. The van der Waals surface area contributed by atoms with Crippen molar-refractivity contribution in [1.82, 2.24) is 19.5 Å². The Morgan fingerprint density at radius 3 is 1.27 bits per heavy atom. The lowest BCUT2D eigenvalue weighted by Gasteiger charge is -2.19. The Labute approximate surface area is 258 Å². The third kappa shape index (κ3) is 5.35. The second-order valence-electron chi connectivity index (χ2n) is 12.6. The van der Waals surface area contributed by atoms with Gasteiger partial charge in [-0.25, -0.2) is 4.98 Å². The summed E-state index contributed by atoms with van der Waals surface area (Å²) in [6, 6.07) is 29.8. The number of hydrogen-bond acceptors (Lipinski definition) is 3. The van der Waals surface area contributed by atoms with Gasteiger partial charge in [0, 0.05) is 30.8 Å². The Morgan fingerprint density at radius 1 is 0.512 bits per heavy atom. The van der Waals surface area contributed by atoms with Crippen molar-refractivity contribution in [2.24, 2.45) is 0 Å². The Bertz CT molecular complexity index is 1770. The lowest BCUT2D eigenvalue weighted by molar-refractivity contribution is 0.590. The fourth-order valence-corrected chi connectivity index (χ4v) is 5.62. The molecule has 0 bridgehead atoms. The van der Waals surface area contributed by atoms with E-state index in [1.54, 1.807) is 0 Å². The van der Waals surface area contributed by atoms with Crippen LogP contribution in [-0.2, 0) is 10.8 Å². The summed E-state index contributed by atoms with van der Waals surface area (Å²) >= 11 is 7.11. The van der Waals surface area contributed by atoms with Crippen molar-refractivity contribution in [3.8, 4) is 28.7 Å². The third-order valence-electron chi connectivity index (χ3n) is 7.53. The summed E-state index contributed by atoms with van der Waals surface area (Å²) in [6.07, 6.45) is 0. The van der Waals surface area contributed by atoms with Crippen LogP contribution in [-0.4, -0.2) is 19.5 Å². The van der Waals surface area contributed by atoms with Crippen molar-refractivity contribution < 1.29 is 0 Å². The maximum absolute atomic E-state index is 5.08. The van der Waals surface area contributed by atoms with Crippen LogP contribution in [0.5, 0.6) is 0 Å². The Balaban J connectivity index is 1.68. The van der Waals surface area contributed by atoms with E-state index >= 15 is 0 Å². The van der Waals surface area contributed by atoms with Crippen LogP contribution >= 0.6 is 31.9 Å². The SMILES string of the molecule is CC(C)(C)c1ccc2c(c1)c1cc(C(C)(C)C)ccc1n2-c1nc(-c2ccc(Br)cc2)nc(-c2ccc(Br)cc2)n1. The van der Waals surface area contributed by atoms with Gasteiger partial charge in [0.25, 0.3) is 0 Å². The van der Waals surface area contributed by atoms with Crippen LogP contribution in [0.15, 0.2) is 93.9 Å². The number of nitrogens with zero attached hydrogens (tertiary/aromatic N) is 4. The van der Waals surface area contributed by atoms with E-state index in [2.05, 4.69) is 114 Å². The summed E-state index contributed by atoms with van der Waals surface area (Å²) in [6.45, 7) is 13.6. The van der Waals surface area contributed by atoms with E-state index in [9.17, 15) is 0 Å². The van der Waals surface area contributed by atoms with Gasteiger partial charge in [-0.2, -0.15) is 9.97 Å². The summed E-state index contributed by atoms with van der Waals surface area (Å²) in [4.78, 5) is 15.1. The van der Waals surface area contributed by atoms with Crippen LogP contribution in [0.4, 0.5) is 0 Å². The molecule has 0 fully saturated rings. The molecule has 2 aromatic heterocycles. The highest BCUT2D eigenvalue weighted by atomic mass is 79.9. The number of hydrogen-bond donors (Lipinski definition) is 0. The van der Waals surface area contributed by atoms with Gasteiger partial charge in [0.05, 0.1) is 11.0 Å². The average molecular weight is 668 g/mol. The van der Waals surface area contributed by atoms with Crippen molar-refractivity contribution in [1.29, 1.82) is 0 Å². The first-order valence-corrected chi connectivity index (χ1v) is 15.3. The highest BCUT2D eigenvalue weighted by Crippen LogP contribution is 2.37. The standard InChI is InChI=1S/C35H32Br2N4/c1-34(2,3)23-11-17-29-27(19-23)28-20-24(35(4,5)6)12-18-30(28)41(29)33-39-31(21-7-13-25(36)14-8-21)38-32(40-33)22-9-15-26(37)16-10-22/h7-20H,1-6H3. The molecule has 6 heteroatoms. The molecule has 0 saturated carbocycles. The average Bonchev–Trinajstić information content (AvgIpc) is 3.26. The van der Waals surface area contributed by atoms with Crippen LogP contribution in [0.25, 0.3) is 50.5 Å². The third-order valence-corrected chi connectivity index (χ3v) is 8.58. The molecule has 0 aliphatic carbocycles. The maximum atomic E-state index is 5.08. The van der Waals surface area contributed by atoms with Gasteiger partial charge in [-0.3, -0.25) is 4.57 Å². The van der Waals surface area contributed by atoms with E-state index in [-0.39, 0.29) is 10.8 Å². The van der Waals surface area contributed by atoms with Crippen LogP contribution < -0.4 is 0 Å². The zero-order valence-corrected chi connectivity index (χ0v) is 27.3. The van der Waals surface area contributed by atoms with Gasteiger partial charge in [0.2, 0.25) is 5.95 Å². The van der Waals surface area contributed by atoms with E-state index in [1.807, 2.05) is 48.5 Å². The molecule has 0 spiro atoms. The van der Waals surface area contributed by atoms with E-state index in [1.165, 1.54) is 21.9 Å². The fraction of sp³-hybridized carbons (Fsp3) is 0.229. The fourth-order valence-electron chi connectivity index (χ4n) is 5.09. The number of benzene rings is 4. The molecule has 4 nitrogen and oxygen atoms in total. The summed E-state index contributed by atoms with van der Waals surface area (Å²) < 4.78 is 4.21. The molecule has 0 N–H and O–H groups in total. The molecule has 0 aliphatic rings. The Hall–Kier alpha value is -3.35. The first kappa shape index (κ1) is 27.8. The molecule has 206 valence electrons. The van der Waals surface area contributed by atoms with Gasteiger partial charge in [0.15, 0.2) is 11.6 Å². The topological polar surface area (TPSA) is 43.6 Å². The second kappa shape index (κ2) is 10.2. The number of aromatic nitrogens is 4. The molecule has 41 heavy (non-hydrogen) atoms. The minimum absolute atomic E-state index is 0.0287. The molecular formula is C35H32Br2N4. The lowest BCUT2D eigenvalue weighted by Crippen LogP contribution is -2.10. The summed E-state index contributed by atoms with van der Waals surface area (Å²) in [5, 5.41) is 2.41. The Morgan fingerprint density at radius 2 is 0.902 bits per heavy atom. The quantitative estimate of drug-likeness (QED) is 0.189. The largest absolute Gasteiger partial charge is 0.278 e. The minimum Gasteiger partial charge on any atom is -0.278 e. The highest BCUT2D eigenvalue weighted by molar-refractivity contribution is 9.10. The van der Waals surface area contributed by atoms with E-state index in [0.29, 0.717) is 17.6 Å². The van der Waals surface area contributed by atoms with Crippen molar-refractivity contribution >= 4 is 53.7 Å². The summed E-state index contributed by atoms with van der Waals surface area (Å²) in [5.74, 6) is 1.86. The molecule has 6 aromatic rings. The van der Waals surface area contributed by atoms with E-state index in [0.717, 1.165) is 31.1 Å². The smallest absolute Gasteiger partial charge is 0.238 e. The van der Waals surface area contributed by atoms with Gasteiger partial charge >= 0.3 is 0 Å². The zero-order chi connectivity index (χ0) is 29.1. The molecule has 0 radical (unpaired) electrons. The molecule has 0 saturated heterocycles. The monoisotopic (exact) mass is 666 g/mol. The molecule has 0 amide bonds. The van der Waals surface area contributed by atoms with Gasteiger partial charge in [-0.05, 0) is 70.5 Å². The minimum atomic E-state index is 0.0287. The number of fused-ring (bicyclic) bond motifs is 3. The molecule has 2 heterocycles. The predicted molar refractivity (Wildman–Crippen MR) is 178 cm³/mol. The van der Waals surface area contributed by atoms with Crippen LogP contribution in [0.3, 0.4) is 0 Å². The van der Waals surface area contributed by atoms with E-state index in [4.69, 9.17) is 15.0 Å². The van der Waals surface area contributed by atoms with Crippen LogP contribution in [0.2, 0.25) is 0 Å². The molecule has 0 unspecified atom stereocenters. The normalized spacial score (nSPS) is 12.4. The number of halogens is 2. The van der Waals surface area contributed by atoms with E-state index < -0.39 is 0 Å². The van der Waals surface area contributed by atoms with Gasteiger partial charge in [-0.15, -0.1) is 0 Å². The first-order chi connectivity index (χ1) is 19.4. The van der Waals surface area contributed by atoms with Crippen molar-refractivity contribution in [2.75, 3.05) is 0 Å². The lowest BCUT2D eigenvalue weighted by atomic mass is 9.85. The maximum Gasteiger partial charge on any atom is 0.238 e. The van der Waals surface area contributed by atoms with Crippen molar-refractivity contribution in [3.63, 3.8) is 0 Å².